The van der Waals surface area contributed by atoms with Crippen LogP contribution in [0.3, 0.4) is 0 Å². The summed E-state index contributed by atoms with van der Waals surface area (Å²) in [5.41, 5.74) is 8.31. The van der Waals surface area contributed by atoms with Gasteiger partial charge in [0.15, 0.2) is 0 Å². The molecule has 0 radical (unpaired) electrons. The molecule has 130 valence electrons. The van der Waals surface area contributed by atoms with Gasteiger partial charge in [-0.25, -0.2) is 9.97 Å². The number of rotatable bonds is 5. The van der Waals surface area contributed by atoms with E-state index in [9.17, 15) is 0 Å². The maximum absolute atomic E-state index is 5.97. The van der Waals surface area contributed by atoms with Gasteiger partial charge in [0.05, 0.1) is 5.39 Å². The van der Waals surface area contributed by atoms with E-state index < -0.39 is 0 Å². The van der Waals surface area contributed by atoms with Crippen LogP contribution in [0.5, 0.6) is 0 Å². The van der Waals surface area contributed by atoms with Gasteiger partial charge in [-0.1, -0.05) is 30.3 Å². The van der Waals surface area contributed by atoms with Crippen molar-refractivity contribution in [1.29, 1.82) is 0 Å². The topological polar surface area (TPSA) is 68.8 Å². The van der Waals surface area contributed by atoms with E-state index in [1.807, 2.05) is 6.07 Å². The molecule has 1 saturated carbocycles. The van der Waals surface area contributed by atoms with E-state index in [-0.39, 0.29) is 0 Å². The van der Waals surface area contributed by atoms with Gasteiger partial charge < -0.3 is 15.6 Å². The predicted octanol–water partition coefficient (Wildman–Crippen LogP) is 3.71. The highest BCUT2D eigenvalue weighted by atomic mass is 15.1. The van der Waals surface area contributed by atoms with E-state index in [0.717, 1.165) is 17.0 Å². The van der Waals surface area contributed by atoms with E-state index in [4.69, 9.17) is 5.73 Å². The van der Waals surface area contributed by atoms with E-state index in [1.54, 1.807) is 6.33 Å². The van der Waals surface area contributed by atoms with E-state index >= 15 is 0 Å². The summed E-state index contributed by atoms with van der Waals surface area (Å²) in [5.74, 6) is 1.29. The van der Waals surface area contributed by atoms with Crippen molar-refractivity contribution in [3.8, 4) is 0 Å². The Hall–Kier alpha value is -2.40. The molecule has 2 aromatic heterocycles. The summed E-state index contributed by atoms with van der Waals surface area (Å²) in [6.45, 7) is 0. The standard InChI is InChI=1S/C20H25N5/c1-22-18(15-5-3-2-4-6-15)12-14-7-8-16(11-14)25-10-9-17-19(21)23-13-24-20(17)25/h2-6,9-10,13-14,16,18,22H,7-8,11-12H2,1H3,(H2,21,23,24)/t14?,16?,18-/m0/s1. The summed E-state index contributed by atoms with van der Waals surface area (Å²) in [4.78, 5) is 8.55. The van der Waals surface area contributed by atoms with Crippen LogP contribution < -0.4 is 11.1 Å². The van der Waals surface area contributed by atoms with Crippen molar-refractivity contribution in [3.63, 3.8) is 0 Å². The number of aromatic nitrogens is 3. The largest absolute Gasteiger partial charge is 0.383 e. The number of anilines is 1. The lowest BCUT2D eigenvalue weighted by Crippen LogP contribution is -2.19. The normalized spacial score (nSPS) is 21.6. The van der Waals surface area contributed by atoms with Crippen LogP contribution in [0.2, 0.25) is 0 Å². The Bertz CT molecular complexity index is 842. The van der Waals surface area contributed by atoms with Crippen molar-refractivity contribution in [3.05, 3.63) is 54.5 Å². The maximum atomic E-state index is 5.97. The van der Waals surface area contributed by atoms with Gasteiger partial charge in [0.25, 0.3) is 0 Å². The average Bonchev–Trinajstić information content (AvgIpc) is 3.27. The molecule has 1 fully saturated rings. The van der Waals surface area contributed by atoms with Crippen LogP contribution in [0.15, 0.2) is 48.9 Å². The molecular formula is C20H25N5. The summed E-state index contributed by atoms with van der Waals surface area (Å²) >= 11 is 0. The number of nitrogens with two attached hydrogens (primary N) is 1. The molecule has 2 heterocycles. The molecule has 5 nitrogen and oxygen atoms in total. The zero-order valence-corrected chi connectivity index (χ0v) is 14.6. The van der Waals surface area contributed by atoms with E-state index in [2.05, 4.69) is 63.4 Å². The highest BCUT2D eigenvalue weighted by Crippen LogP contribution is 2.40. The third-order valence-electron chi connectivity index (χ3n) is 5.57. The Morgan fingerprint density at radius 3 is 2.84 bits per heavy atom. The molecular weight excluding hydrogens is 310 g/mol. The minimum atomic E-state index is 0.421. The number of nitrogens with one attached hydrogen (secondary N) is 1. The van der Waals surface area contributed by atoms with Crippen molar-refractivity contribution in [2.75, 3.05) is 12.8 Å². The van der Waals surface area contributed by atoms with Crippen molar-refractivity contribution in [2.45, 2.75) is 37.8 Å². The molecule has 4 rings (SSSR count). The van der Waals surface area contributed by atoms with Gasteiger partial charge in [0.1, 0.15) is 17.8 Å². The van der Waals surface area contributed by atoms with Gasteiger partial charge in [-0.3, -0.25) is 0 Å². The fraction of sp³-hybridized carbons (Fsp3) is 0.400. The minimum Gasteiger partial charge on any atom is -0.383 e. The quantitative estimate of drug-likeness (QED) is 0.746. The summed E-state index contributed by atoms with van der Waals surface area (Å²) in [6, 6.07) is 13.7. The molecule has 3 atom stereocenters. The Morgan fingerprint density at radius 1 is 1.20 bits per heavy atom. The van der Waals surface area contributed by atoms with Gasteiger partial charge in [-0.05, 0) is 50.3 Å². The van der Waals surface area contributed by atoms with Crippen molar-refractivity contribution >= 4 is 16.9 Å². The second-order valence-corrected chi connectivity index (χ2v) is 7.04. The molecule has 5 heteroatoms. The average molecular weight is 335 g/mol. The number of hydrogen-bond acceptors (Lipinski definition) is 4. The highest BCUT2D eigenvalue weighted by Gasteiger charge is 2.29. The lowest BCUT2D eigenvalue weighted by Gasteiger charge is -2.21. The molecule has 1 aromatic carbocycles. The summed E-state index contributed by atoms with van der Waals surface area (Å²) < 4.78 is 2.30. The number of benzene rings is 1. The first-order valence-corrected chi connectivity index (χ1v) is 9.05. The SMILES string of the molecule is CN[C@@H](CC1CCC(n2ccc3c(N)ncnc32)C1)c1ccccc1. The first-order chi connectivity index (χ1) is 12.3. The molecule has 0 bridgehead atoms. The highest BCUT2D eigenvalue weighted by molar-refractivity contribution is 5.86. The second-order valence-electron chi connectivity index (χ2n) is 7.04. The Labute approximate surface area is 148 Å². The van der Waals surface area contributed by atoms with Crippen LogP contribution >= 0.6 is 0 Å². The van der Waals surface area contributed by atoms with Gasteiger partial charge in [-0.2, -0.15) is 0 Å². The zero-order valence-electron chi connectivity index (χ0n) is 14.6. The molecule has 1 aliphatic carbocycles. The first kappa shape index (κ1) is 16.1. The third kappa shape index (κ3) is 3.12. The van der Waals surface area contributed by atoms with E-state index in [0.29, 0.717) is 17.9 Å². The summed E-state index contributed by atoms with van der Waals surface area (Å²) in [5, 5.41) is 4.45. The van der Waals surface area contributed by atoms with Crippen LogP contribution in [0, 0.1) is 5.92 Å². The van der Waals surface area contributed by atoms with Crippen molar-refractivity contribution in [1.82, 2.24) is 19.9 Å². The Kier molecular flexibility index (Phi) is 4.40. The monoisotopic (exact) mass is 335 g/mol. The maximum Gasteiger partial charge on any atom is 0.145 e. The summed E-state index contributed by atoms with van der Waals surface area (Å²) in [7, 11) is 2.06. The molecule has 0 saturated heterocycles. The van der Waals surface area contributed by atoms with Gasteiger partial charge >= 0.3 is 0 Å². The third-order valence-corrected chi connectivity index (χ3v) is 5.57. The first-order valence-electron chi connectivity index (χ1n) is 9.05. The lowest BCUT2D eigenvalue weighted by molar-refractivity contribution is 0.398. The predicted molar refractivity (Wildman–Crippen MR) is 101 cm³/mol. The zero-order chi connectivity index (χ0) is 17.2. The minimum absolute atomic E-state index is 0.421. The number of hydrogen-bond donors (Lipinski definition) is 2. The van der Waals surface area contributed by atoms with Crippen molar-refractivity contribution in [2.24, 2.45) is 5.92 Å². The molecule has 2 unspecified atom stereocenters. The van der Waals surface area contributed by atoms with Gasteiger partial charge in [0.2, 0.25) is 0 Å². The Morgan fingerprint density at radius 2 is 2.04 bits per heavy atom. The fourth-order valence-corrected chi connectivity index (χ4v) is 4.24. The smallest absolute Gasteiger partial charge is 0.145 e. The molecule has 3 N–H and O–H groups in total. The van der Waals surface area contributed by atoms with Crippen LogP contribution in [0.4, 0.5) is 5.82 Å². The lowest BCUT2D eigenvalue weighted by atomic mass is 9.93. The van der Waals surface area contributed by atoms with Crippen LogP contribution in [0.25, 0.3) is 11.0 Å². The van der Waals surface area contributed by atoms with E-state index in [1.165, 1.54) is 31.2 Å². The van der Waals surface area contributed by atoms with Crippen LogP contribution in [-0.2, 0) is 0 Å². The van der Waals surface area contributed by atoms with Crippen molar-refractivity contribution < 1.29 is 0 Å². The fourth-order valence-electron chi connectivity index (χ4n) is 4.24. The molecule has 0 spiro atoms. The van der Waals surface area contributed by atoms with Crippen LogP contribution in [-0.4, -0.2) is 21.6 Å². The van der Waals surface area contributed by atoms with Gasteiger partial charge in [-0.15, -0.1) is 0 Å². The number of fused-ring (bicyclic) bond motifs is 1. The molecule has 0 aliphatic heterocycles. The number of nitrogen functional groups attached to an aromatic ring is 1. The molecule has 25 heavy (non-hydrogen) atoms. The molecule has 3 aromatic rings. The second kappa shape index (κ2) is 6.84. The number of nitrogens with zero attached hydrogens (tertiary/aromatic N) is 3. The summed E-state index contributed by atoms with van der Waals surface area (Å²) in [6.07, 6.45) is 8.51. The Balaban J connectivity index is 1.48. The molecule has 0 amide bonds. The van der Waals surface area contributed by atoms with Gasteiger partial charge in [0, 0.05) is 18.3 Å². The molecule has 1 aliphatic rings. The van der Waals surface area contributed by atoms with Crippen LogP contribution in [0.1, 0.15) is 43.3 Å².